The number of halogens is 3. The van der Waals surface area contributed by atoms with E-state index in [0.717, 1.165) is 10.7 Å². The minimum atomic E-state index is -0.724. The van der Waals surface area contributed by atoms with Crippen molar-refractivity contribution in [3.8, 4) is 16.9 Å². The number of hydrogen-bond donors (Lipinski definition) is 0. The van der Waals surface area contributed by atoms with Gasteiger partial charge in [-0.25, -0.2) is 13.5 Å². The van der Waals surface area contributed by atoms with Gasteiger partial charge in [0.2, 0.25) is 0 Å². The van der Waals surface area contributed by atoms with Crippen LogP contribution >= 0.6 is 11.6 Å². The summed E-state index contributed by atoms with van der Waals surface area (Å²) in [6.07, 6.45) is 3.14. The molecule has 0 spiro atoms. The lowest BCUT2D eigenvalue weighted by atomic mass is 9.97. The molecule has 0 fully saturated rings. The normalized spacial score (nSPS) is 11.4. The van der Waals surface area contributed by atoms with Crippen LogP contribution in [0.5, 0.6) is 5.75 Å². The summed E-state index contributed by atoms with van der Waals surface area (Å²) < 4.78 is 34.9. The fourth-order valence-electron chi connectivity index (χ4n) is 3.06. The Morgan fingerprint density at radius 2 is 1.75 bits per heavy atom. The first-order chi connectivity index (χ1) is 15.1. The van der Waals surface area contributed by atoms with Crippen molar-refractivity contribution in [3.05, 3.63) is 80.2 Å². The summed E-state index contributed by atoms with van der Waals surface area (Å²) in [4.78, 5) is 25.4. The summed E-state index contributed by atoms with van der Waals surface area (Å²) in [5.74, 6) is -2.30. The van der Waals surface area contributed by atoms with Gasteiger partial charge in [0.1, 0.15) is 17.3 Å². The molecular weight excluding hydrogens is 438 g/mol. The first-order valence-electron chi connectivity index (χ1n) is 9.81. The van der Waals surface area contributed by atoms with Gasteiger partial charge in [0.05, 0.1) is 11.5 Å². The summed E-state index contributed by atoms with van der Waals surface area (Å²) in [5.41, 5.74) is 0.161. The highest BCUT2D eigenvalue weighted by Gasteiger charge is 2.26. The highest BCUT2D eigenvalue weighted by atomic mass is 35.5. The van der Waals surface area contributed by atoms with Crippen LogP contribution in [0.4, 0.5) is 8.78 Å². The molecule has 0 bridgehead atoms. The Hall–Kier alpha value is -3.32. The number of ether oxygens (including phenoxy) is 1. The van der Waals surface area contributed by atoms with Gasteiger partial charge in [0.15, 0.2) is 5.75 Å². The van der Waals surface area contributed by atoms with Crippen molar-refractivity contribution >= 4 is 29.7 Å². The maximum Gasteiger partial charge on any atom is 0.313 e. The van der Waals surface area contributed by atoms with Gasteiger partial charge in [-0.3, -0.25) is 9.59 Å². The monoisotopic (exact) mass is 458 g/mol. The molecule has 0 amide bonds. The molecule has 32 heavy (non-hydrogen) atoms. The highest BCUT2D eigenvalue weighted by molar-refractivity contribution is 6.32. The second-order valence-electron chi connectivity index (χ2n) is 7.50. The average Bonchev–Trinajstić information content (AvgIpc) is 2.74. The smallest absolute Gasteiger partial charge is 0.313 e. The molecule has 8 heteroatoms. The lowest BCUT2D eigenvalue weighted by Crippen LogP contribution is -2.26. The largest absolute Gasteiger partial charge is 0.423 e. The zero-order valence-electron chi connectivity index (χ0n) is 17.9. The van der Waals surface area contributed by atoms with E-state index in [4.69, 9.17) is 16.3 Å². The van der Waals surface area contributed by atoms with Crippen LogP contribution < -0.4 is 10.3 Å². The molecule has 1 aromatic heterocycles. The highest BCUT2D eigenvalue weighted by Crippen LogP contribution is 2.37. The van der Waals surface area contributed by atoms with Gasteiger partial charge in [-0.2, -0.15) is 5.10 Å². The number of rotatable bonds is 5. The molecular formula is C24H21ClF2N2O3. The quantitative estimate of drug-likeness (QED) is 0.378. The number of hydrogen-bond acceptors (Lipinski definition) is 4. The summed E-state index contributed by atoms with van der Waals surface area (Å²) in [6.45, 7) is 4.84. The maximum atomic E-state index is 15.2. The van der Waals surface area contributed by atoms with E-state index < -0.39 is 23.3 Å². The van der Waals surface area contributed by atoms with Crippen molar-refractivity contribution in [1.29, 1.82) is 0 Å². The molecule has 0 aliphatic rings. The topological polar surface area (TPSA) is 61.2 Å². The first kappa shape index (κ1) is 23.3. The molecule has 2 aromatic carbocycles. The van der Waals surface area contributed by atoms with E-state index in [1.165, 1.54) is 31.3 Å². The van der Waals surface area contributed by atoms with E-state index >= 15 is 4.39 Å². The third-order valence-corrected chi connectivity index (χ3v) is 5.07. The predicted octanol–water partition coefficient (Wildman–Crippen LogP) is 5.42. The van der Waals surface area contributed by atoms with E-state index in [2.05, 4.69) is 5.10 Å². The third kappa shape index (κ3) is 4.78. The van der Waals surface area contributed by atoms with Crippen molar-refractivity contribution in [2.75, 3.05) is 0 Å². The molecule has 0 unspecified atom stereocenters. The van der Waals surface area contributed by atoms with Gasteiger partial charge in [0.25, 0.3) is 5.56 Å². The summed E-state index contributed by atoms with van der Waals surface area (Å²) >= 11 is 6.37. The molecule has 1 heterocycles. The zero-order valence-corrected chi connectivity index (χ0v) is 18.7. The molecule has 0 atom stereocenters. The van der Waals surface area contributed by atoms with Crippen LogP contribution in [-0.4, -0.2) is 15.7 Å². The van der Waals surface area contributed by atoms with Crippen LogP contribution in [0.15, 0.2) is 41.2 Å². The van der Waals surface area contributed by atoms with Crippen LogP contribution in [-0.2, 0) is 11.8 Å². The maximum absolute atomic E-state index is 15.2. The number of esters is 1. The molecule has 0 aliphatic heterocycles. The van der Waals surface area contributed by atoms with Crippen molar-refractivity contribution in [3.63, 3.8) is 0 Å². The van der Waals surface area contributed by atoms with Gasteiger partial charge >= 0.3 is 5.97 Å². The van der Waals surface area contributed by atoms with Gasteiger partial charge in [-0.1, -0.05) is 49.7 Å². The lowest BCUT2D eigenvalue weighted by Gasteiger charge is -2.17. The molecule has 0 saturated carbocycles. The molecule has 5 nitrogen and oxygen atoms in total. The second-order valence-corrected chi connectivity index (χ2v) is 7.90. The number of benzene rings is 2. The van der Waals surface area contributed by atoms with Crippen LogP contribution in [0.3, 0.4) is 0 Å². The van der Waals surface area contributed by atoms with Crippen molar-refractivity contribution in [1.82, 2.24) is 9.78 Å². The molecule has 0 radical (unpaired) electrons. The summed E-state index contributed by atoms with van der Waals surface area (Å²) in [6, 6.07) is 8.17. The molecule has 0 aliphatic carbocycles. The van der Waals surface area contributed by atoms with Crippen LogP contribution in [0.1, 0.15) is 30.7 Å². The summed E-state index contributed by atoms with van der Waals surface area (Å²) in [7, 11) is 1.42. The Balaban J connectivity index is 2.28. The van der Waals surface area contributed by atoms with E-state index in [9.17, 15) is 14.0 Å². The second kappa shape index (κ2) is 9.44. The number of aromatic nitrogens is 2. The Morgan fingerprint density at radius 3 is 2.38 bits per heavy atom. The van der Waals surface area contributed by atoms with E-state index in [1.54, 1.807) is 39.0 Å². The first-order valence-corrected chi connectivity index (χ1v) is 10.2. The molecule has 3 aromatic rings. The Labute approximate surface area is 188 Å². The van der Waals surface area contributed by atoms with Crippen LogP contribution in [0.2, 0.25) is 5.02 Å². The molecule has 0 saturated heterocycles. The predicted molar refractivity (Wildman–Crippen MR) is 120 cm³/mol. The third-order valence-electron chi connectivity index (χ3n) is 4.74. The van der Waals surface area contributed by atoms with Crippen molar-refractivity contribution in [2.45, 2.75) is 20.8 Å². The van der Waals surface area contributed by atoms with Gasteiger partial charge in [-0.05, 0) is 36.8 Å². The fraction of sp³-hybridized carbons (Fsp3) is 0.208. The molecule has 0 N–H and O–H groups in total. The molecule has 166 valence electrons. The van der Waals surface area contributed by atoms with Crippen molar-refractivity contribution in [2.24, 2.45) is 13.0 Å². The van der Waals surface area contributed by atoms with Gasteiger partial charge in [0, 0.05) is 23.2 Å². The van der Waals surface area contributed by atoms with Gasteiger partial charge in [-0.15, -0.1) is 0 Å². The zero-order chi connectivity index (χ0) is 23.6. The Bertz CT molecular complexity index is 1270. The number of carbonyl (C=O) groups is 1. The van der Waals surface area contributed by atoms with E-state index in [-0.39, 0.29) is 39.0 Å². The number of aryl methyl sites for hydroxylation is 2. The molecule has 3 rings (SSSR count). The van der Waals surface area contributed by atoms with Crippen LogP contribution in [0.25, 0.3) is 23.3 Å². The number of carbonyl (C=O) groups excluding carboxylic acids is 1. The SMILES string of the molecule is Cc1nn(C)c(=O)c(-c2c(F)ccc(Cl)c2/C=C/c2ccc(F)cc2)c1OC(=O)C(C)C. The lowest BCUT2D eigenvalue weighted by molar-refractivity contribution is -0.137. The van der Waals surface area contributed by atoms with E-state index in [0.29, 0.717) is 5.56 Å². The Morgan fingerprint density at radius 1 is 1.09 bits per heavy atom. The Kier molecular flexibility index (Phi) is 6.89. The minimum Gasteiger partial charge on any atom is -0.423 e. The average molecular weight is 459 g/mol. The fourth-order valence-corrected chi connectivity index (χ4v) is 3.28. The standard InChI is InChI=1S/C24H21ClF2N2O3/c1-13(2)24(31)32-22-14(3)28-29(4)23(30)21(22)20-17(18(25)11-12-19(20)27)10-7-15-5-8-16(26)9-6-15/h5-13H,1-4H3/b10-7+. The van der Waals surface area contributed by atoms with Crippen molar-refractivity contribution < 1.29 is 18.3 Å². The van der Waals surface area contributed by atoms with Gasteiger partial charge < -0.3 is 4.74 Å². The van der Waals surface area contributed by atoms with E-state index in [1.807, 2.05) is 0 Å². The van der Waals surface area contributed by atoms with Crippen LogP contribution in [0, 0.1) is 24.5 Å². The minimum absolute atomic E-state index is 0.117. The number of nitrogens with zero attached hydrogens (tertiary/aromatic N) is 2. The summed E-state index contributed by atoms with van der Waals surface area (Å²) in [5, 5.41) is 4.25.